The molecule has 2 fully saturated rings. The lowest BCUT2D eigenvalue weighted by atomic mass is 9.79. The molecule has 0 saturated carbocycles. The minimum absolute atomic E-state index is 0. The average Bonchev–Trinajstić information content (AvgIpc) is 3.75. The van der Waals surface area contributed by atoms with Crippen molar-refractivity contribution in [3.63, 3.8) is 0 Å². The number of ether oxygens (including phenoxy) is 3. The van der Waals surface area contributed by atoms with Crippen LogP contribution >= 0.6 is 0 Å². The second-order valence-corrected chi connectivity index (χ2v) is 15.6. The zero-order valence-electron chi connectivity index (χ0n) is 40.7. The van der Waals surface area contributed by atoms with Crippen molar-refractivity contribution in [1.29, 1.82) is 0 Å². The van der Waals surface area contributed by atoms with Gasteiger partial charge in [-0.15, -0.1) is 0 Å². The number of carbonyl (C=O) groups is 6. The van der Waals surface area contributed by atoms with Crippen LogP contribution in [0.1, 0.15) is 148 Å². The predicted molar refractivity (Wildman–Crippen MR) is 253 cm³/mol. The van der Waals surface area contributed by atoms with Gasteiger partial charge in [-0.25, -0.2) is 4.79 Å². The first kappa shape index (κ1) is 61.8. The summed E-state index contributed by atoms with van der Waals surface area (Å²) in [6.45, 7) is 16.0. The van der Waals surface area contributed by atoms with Crippen LogP contribution in [-0.4, -0.2) is 48.4 Å². The molecule has 2 aliphatic rings. The summed E-state index contributed by atoms with van der Waals surface area (Å²) in [7, 11) is 1.35. The number of hydrogen-bond donors (Lipinski definition) is 3. The van der Waals surface area contributed by atoms with Gasteiger partial charge in [-0.2, -0.15) is 5.90 Å². The second kappa shape index (κ2) is 33.2. The van der Waals surface area contributed by atoms with E-state index in [4.69, 9.17) is 14.2 Å². The fraction of sp³-hybridized carbons (Fsp3) is 0.529. The lowest BCUT2D eigenvalue weighted by Gasteiger charge is -2.25. The highest BCUT2D eigenvalue weighted by Crippen LogP contribution is 2.38. The van der Waals surface area contributed by atoms with Gasteiger partial charge in [0.25, 0.3) is 0 Å². The first-order valence-corrected chi connectivity index (χ1v) is 22.6. The molecular formula is C51H81N3O11+2. The summed E-state index contributed by atoms with van der Waals surface area (Å²) in [4.78, 5) is 75.5. The van der Waals surface area contributed by atoms with E-state index >= 15 is 0 Å². The van der Waals surface area contributed by atoms with Crippen molar-refractivity contribution in [3.8, 4) is 0 Å². The van der Waals surface area contributed by atoms with E-state index in [9.17, 15) is 28.8 Å². The van der Waals surface area contributed by atoms with Crippen LogP contribution in [0.4, 0.5) is 0 Å². The predicted octanol–water partition coefficient (Wildman–Crippen LogP) is 9.42. The molecule has 0 amide bonds. The Labute approximate surface area is 387 Å². The van der Waals surface area contributed by atoms with E-state index in [0.29, 0.717) is 50.4 Å². The van der Waals surface area contributed by atoms with Crippen LogP contribution in [0.25, 0.3) is 0 Å². The van der Waals surface area contributed by atoms with Crippen LogP contribution in [0.15, 0.2) is 91.0 Å². The SMILES string of the molecule is CC.CCC(CC(C(=O)OC)C(CC)C(=O)O[NH3+])c1ccccc1.CCC(CC1C(=O)OC(=O)C1CC)c1ccccc1.CCC(CC1C(=O)OC(=O)C1CC)c1ccccc1.N.O.[NH4+]. The summed E-state index contributed by atoms with van der Waals surface area (Å²) in [5.74, 6) is -0.338. The van der Waals surface area contributed by atoms with Crippen LogP contribution in [0, 0.1) is 35.5 Å². The van der Waals surface area contributed by atoms with Gasteiger partial charge >= 0.3 is 35.8 Å². The van der Waals surface area contributed by atoms with Gasteiger partial charge in [0, 0.05) is 0 Å². The molecule has 0 aromatic heterocycles. The van der Waals surface area contributed by atoms with Gasteiger partial charge in [-0.05, 0) is 92.2 Å². The molecule has 364 valence electrons. The van der Waals surface area contributed by atoms with Crippen LogP contribution in [-0.2, 0) is 47.8 Å². The third kappa shape index (κ3) is 17.9. The molecule has 0 aliphatic carbocycles. The summed E-state index contributed by atoms with van der Waals surface area (Å²) in [5, 5.41) is 0. The third-order valence-electron chi connectivity index (χ3n) is 12.2. The molecule has 9 atom stereocenters. The molecule has 2 saturated heterocycles. The Hall–Kier alpha value is -5.28. The fourth-order valence-electron chi connectivity index (χ4n) is 8.59. The standard InChI is InChI=1S/C17H26NO4.2C16H20O3.C2H6.2H3N.H2O/c1-4-12(13-9-7-6-8-10-13)11-15(16(19)21-3)14(5-2)17(20)22-18;2*1-3-11(12-8-6-5-7-9-12)10-14-13(4-2)15(17)19-16(14)18;1-2;;;/h6-10,12,14-15H,4-5,11H2,1-3,18H3;2*5-9,11,13-14H,3-4,10H2,1-2H3;1-2H3;2*1H3;1H2/q+1;;;;;;/p+1. The number of quaternary nitrogens is 2. The minimum Gasteiger partial charge on any atom is -0.469 e. The monoisotopic (exact) mass is 912 g/mol. The Kier molecular flexibility index (Phi) is 31.6. The van der Waals surface area contributed by atoms with Crippen LogP contribution in [0.2, 0.25) is 0 Å². The van der Waals surface area contributed by atoms with Crippen molar-refractivity contribution < 1.29 is 59.2 Å². The van der Waals surface area contributed by atoms with Gasteiger partial charge in [-0.3, -0.25) is 28.8 Å². The maximum atomic E-state index is 12.2. The highest BCUT2D eigenvalue weighted by molar-refractivity contribution is 5.97. The van der Waals surface area contributed by atoms with E-state index in [1.165, 1.54) is 18.2 Å². The van der Waals surface area contributed by atoms with E-state index in [2.05, 4.69) is 55.8 Å². The van der Waals surface area contributed by atoms with Gasteiger partial charge in [0.15, 0.2) is 0 Å². The minimum atomic E-state index is -0.525. The number of esters is 5. The topological polar surface area (TPSA) is 270 Å². The summed E-state index contributed by atoms with van der Waals surface area (Å²) >= 11 is 0. The quantitative estimate of drug-likeness (QED) is 0.0468. The first-order valence-electron chi connectivity index (χ1n) is 22.6. The van der Waals surface area contributed by atoms with Crippen molar-refractivity contribution >= 4 is 35.8 Å². The highest BCUT2D eigenvalue weighted by Gasteiger charge is 2.45. The average molecular weight is 912 g/mol. The first-order chi connectivity index (χ1) is 29.9. The molecule has 2 aliphatic heterocycles. The Morgan fingerprint density at radius 1 is 0.538 bits per heavy atom. The normalized spacial score (nSPS) is 19.3. The Morgan fingerprint density at radius 3 is 1.14 bits per heavy atom. The molecule has 0 radical (unpaired) electrons. The summed E-state index contributed by atoms with van der Waals surface area (Å²) in [5.41, 5.74) is 3.62. The van der Waals surface area contributed by atoms with Crippen molar-refractivity contribution in [2.24, 2.45) is 35.5 Å². The van der Waals surface area contributed by atoms with Crippen LogP contribution in [0.5, 0.6) is 0 Å². The molecule has 14 heteroatoms. The summed E-state index contributed by atoms with van der Waals surface area (Å²) in [6, 6.07) is 30.3. The van der Waals surface area contributed by atoms with E-state index in [1.807, 2.05) is 101 Å². The smallest absolute Gasteiger partial charge is 0.370 e. The van der Waals surface area contributed by atoms with Crippen molar-refractivity contribution in [3.05, 3.63) is 108 Å². The lowest BCUT2D eigenvalue weighted by molar-refractivity contribution is -0.658. The maximum absolute atomic E-state index is 12.2. The van der Waals surface area contributed by atoms with E-state index in [1.54, 1.807) is 0 Å². The van der Waals surface area contributed by atoms with E-state index < -0.39 is 17.8 Å². The molecule has 5 rings (SSSR count). The Balaban J connectivity index is 0. The molecule has 65 heavy (non-hydrogen) atoms. The molecular weight excluding hydrogens is 831 g/mol. The fourth-order valence-corrected chi connectivity index (χ4v) is 8.59. The van der Waals surface area contributed by atoms with Gasteiger partial charge in [-0.1, -0.05) is 146 Å². The van der Waals surface area contributed by atoms with Gasteiger partial charge in [0.1, 0.15) is 0 Å². The molecule has 2 heterocycles. The van der Waals surface area contributed by atoms with Gasteiger partial charge in [0.05, 0.1) is 42.6 Å². The molecule has 3 aromatic carbocycles. The van der Waals surface area contributed by atoms with Crippen LogP contribution in [0.3, 0.4) is 0 Å². The number of benzene rings is 3. The molecule has 0 bridgehead atoms. The molecule has 12 N–H and O–H groups in total. The second-order valence-electron chi connectivity index (χ2n) is 15.6. The molecule has 9 unspecified atom stereocenters. The summed E-state index contributed by atoms with van der Waals surface area (Å²) in [6.07, 6.45) is 6.60. The van der Waals surface area contributed by atoms with E-state index in [-0.39, 0.29) is 77.2 Å². The number of hydrogen-bond acceptors (Lipinski definition) is 11. The van der Waals surface area contributed by atoms with Crippen LogP contribution < -0.4 is 18.2 Å². The van der Waals surface area contributed by atoms with Crippen molar-refractivity contribution in [2.45, 2.75) is 131 Å². The summed E-state index contributed by atoms with van der Waals surface area (Å²) < 4.78 is 14.5. The van der Waals surface area contributed by atoms with Crippen molar-refractivity contribution in [2.75, 3.05) is 7.11 Å². The number of carbonyl (C=O) groups excluding carboxylic acids is 6. The Bertz CT molecular complexity index is 1730. The van der Waals surface area contributed by atoms with Gasteiger partial charge in [0.2, 0.25) is 0 Å². The third-order valence-corrected chi connectivity index (χ3v) is 12.2. The van der Waals surface area contributed by atoms with Crippen molar-refractivity contribution in [1.82, 2.24) is 12.3 Å². The Morgan fingerprint density at radius 2 is 0.862 bits per heavy atom. The largest absolute Gasteiger partial charge is 0.469 e. The molecule has 3 aromatic rings. The van der Waals surface area contributed by atoms with Gasteiger partial charge < -0.3 is 32.0 Å². The maximum Gasteiger partial charge on any atom is 0.370 e. The van der Waals surface area contributed by atoms with E-state index in [0.717, 1.165) is 24.8 Å². The zero-order chi connectivity index (χ0) is 46.2. The number of cyclic esters (lactones) is 4. The lowest BCUT2D eigenvalue weighted by Crippen LogP contribution is -2.53. The molecule has 14 nitrogen and oxygen atoms in total. The number of rotatable bonds is 18. The zero-order valence-corrected chi connectivity index (χ0v) is 40.7. The molecule has 0 spiro atoms. The highest BCUT2D eigenvalue weighted by atomic mass is 16.7. The number of methoxy groups -OCH3 is 1.